The first-order valence-electron chi connectivity index (χ1n) is 15.9. The van der Waals surface area contributed by atoms with Gasteiger partial charge in [0.15, 0.2) is 0 Å². The summed E-state index contributed by atoms with van der Waals surface area (Å²) in [7, 11) is 0.581. The number of piperazine rings is 1. The second-order valence-electron chi connectivity index (χ2n) is 13.4. The molecule has 1 N–H and O–H groups in total. The van der Waals surface area contributed by atoms with Gasteiger partial charge in [-0.2, -0.15) is 0 Å². The monoisotopic (exact) mass is 673 g/mol. The molecule has 0 spiro atoms. The van der Waals surface area contributed by atoms with Crippen LogP contribution in [0.15, 0.2) is 42.6 Å². The molecule has 2 aliphatic heterocycles. The van der Waals surface area contributed by atoms with Gasteiger partial charge in [-0.05, 0) is 49.8 Å². The van der Waals surface area contributed by atoms with Crippen molar-refractivity contribution in [2.45, 2.75) is 45.1 Å². The molecule has 0 radical (unpaired) electrons. The van der Waals surface area contributed by atoms with Crippen molar-refractivity contribution in [3.63, 3.8) is 0 Å². The Bertz CT molecular complexity index is 1580. The van der Waals surface area contributed by atoms with Crippen LogP contribution in [-0.4, -0.2) is 89.5 Å². The minimum Gasteiger partial charge on any atom is -0.478 e. The number of hydrogen-bond donors (Lipinski definition) is 1. The third kappa shape index (κ3) is 8.43. The van der Waals surface area contributed by atoms with Crippen LogP contribution in [0, 0.1) is 11.6 Å². The first kappa shape index (κ1) is 34.6. The lowest BCUT2D eigenvalue weighted by atomic mass is 10.0. The molecule has 254 valence electrons. The molecule has 1 atom stereocenters. The van der Waals surface area contributed by atoms with E-state index in [2.05, 4.69) is 34.8 Å². The number of hydrogen-bond acceptors (Lipinski definition) is 7. The summed E-state index contributed by atoms with van der Waals surface area (Å²) in [6.45, 7) is 12.8. The number of benzene rings is 2. The predicted octanol–water partition coefficient (Wildman–Crippen LogP) is 6.91. The predicted molar refractivity (Wildman–Crippen MR) is 180 cm³/mol. The summed E-state index contributed by atoms with van der Waals surface area (Å²) in [4.78, 5) is 23.8. The van der Waals surface area contributed by atoms with Crippen LogP contribution in [0.5, 0.6) is 5.88 Å². The van der Waals surface area contributed by atoms with Gasteiger partial charge in [-0.25, -0.2) is 22.5 Å². The van der Waals surface area contributed by atoms with E-state index in [0.29, 0.717) is 63.9 Å². The Morgan fingerprint density at radius 2 is 1.77 bits per heavy atom. The molecule has 0 saturated carbocycles. The van der Waals surface area contributed by atoms with Gasteiger partial charge in [-0.3, -0.25) is 4.79 Å². The Kier molecular flexibility index (Phi) is 10.8. The van der Waals surface area contributed by atoms with Crippen LogP contribution in [0.25, 0.3) is 11.1 Å². The number of anilines is 3. The highest BCUT2D eigenvalue weighted by molar-refractivity contribution is 6.76. The van der Waals surface area contributed by atoms with Crippen LogP contribution in [0.4, 0.5) is 34.6 Å². The normalized spacial score (nSPS) is 17.7. The van der Waals surface area contributed by atoms with Crippen molar-refractivity contribution in [3.8, 4) is 17.0 Å². The minimum atomic E-state index is -2.97. The van der Waals surface area contributed by atoms with Gasteiger partial charge in [0, 0.05) is 70.2 Å². The Balaban J connectivity index is 1.48. The molecule has 13 heteroatoms. The lowest BCUT2D eigenvalue weighted by molar-refractivity contribution is 0.101. The van der Waals surface area contributed by atoms with Crippen molar-refractivity contribution in [2.24, 2.45) is 0 Å². The summed E-state index contributed by atoms with van der Waals surface area (Å²) >= 11 is 0. The van der Waals surface area contributed by atoms with E-state index in [4.69, 9.17) is 9.47 Å². The molecule has 0 bridgehead atoms. The summed E-state index contributed by atoms with van der Waals surface area (Å²) < 4.78 is 70.7. The third-order valence-electron chi connectivity index (χ3n) is 8.74. The Hall–Kier alpha value is -3.68. The van der Waals surface area contributed by atoms with Crippen molar-refractivity contribution in [3.05, 3.63) is 65.4 Å². The van der Waals surface area contributed by atoms with E-state index in [-0.39, 0.29) is 34.3 Å². The van der Waals surface area contributed by atoms with Crippen molar-refractivity contribution in [1.29, 1.82) is 0 Å². The van der Waals surface area contributed by atoms with Gasteiger partial charge >= 0.3 is 0 Å². The van der Waals surface area contributed by atoms with Gasteiger partial charge in [0.2, 0.25) is 5.88 Å². The van der Waals surface area contributed by atoms with E-state index >= 15 is 8.78 Å². The largest absolute Gasteiger partial charge is 0.478 e. The highest BCUT2D eigenvalue weighted by Crippen LogP contribution is 2.37. The average molecular weight is 674 g/mol. The number of pyridine rings is 1. The quantitative estimate of drug-likeness (QED) is 0.185. The number of ether oxygens (including phenoxy) is 2. The molecule has 1 amide bonds. The van der Waals surface area contributed by atoms with E-state index in [1.54, 1.807) is 12.1 Å². The summed E-state index contributed by atoms with van der Waals surface area (Å²) in [6.07, 6.45) is -1.88. The Labute approximate surface area is 274 Å². The fourth-order valence-corrected chi connectivity index (χ4v) is 6.41. The topological polar surface area (TPSA) is 70.2 Å². The van der Waals surface area contributed by atoms with Crippen molar-refractivity contribution in [2.75, 3.05) is 74.7 Å². The van der Waals surface area contributed by atoms with E-state index in [0.717, 1.165) is 18.3 Å². The smallest absolute Gasteiger partial charge is 0.264 e. The zero-order valence-corrected chi connectivity index (χ0v) is 28.6. The number of morpholine rings is 1. The number of nitrogens with one attached hydrogen (secondary N) is 1. The third-order valence-corrected chi connectivity index (χ3v) is 10.4. The maximum atomic E-state index is 15.9. The molecule has 3 aromatic rings. The summed E-state index contributed by atoms with van der Waals surface area (Å²) in [6, 6.07) is 9.33. The first-order chi connectivity index (χ1) is 22.3. The molecule has 5 rings (SSSR count). The second kappa shape index (κ2) is 14.6. The molecule has 2 saturated heterocycles. The van der Waals surface area contributed by atoms with Gasteiger partial charge < -0.3 is 29.5 Å². The van der Waals surface area contributed by atoms with Crippen molar-refractivity contribution >= 4 is 31.0 Å². The average Bonchev–Trinajstić information content (AvgIpc) is 3.02. The van der Waals surface area contributed by atoms with Gasteiger partial charge in [-0.15, -0.1) is 0 Å². The molecule has 2 fully saturated rings. The van der Waals surface area contributed by atoms with Crippen LogP contribution in [0.1, 0.15) is 29.3 Å². The van der Waals surface area contributed by atoms with Crippen LogP contribution >= 0.6 is 0 Å². The maximum absolute atomic E-state index is 15.9. The van der Waals surface area contributed by atoms with E-state index < -0.39 is 37.6 Å². The van der Waals surface area contributed by atoms with Crippen molar-refractivity contribution in [1.82, 2.24) is 9.88 Å². The molecular formula is C34H43F4N5O3Si. The molecule has 2 aliphatic rings. The standard InChI is InChI=1S/C34H43F4N5O3Si/c1-22-21-43(9-8-41(22)2)31-19-27(35)24(23-6-7-30(28(36)16-23)42-10-12-45-13-11-42)17-29(31)40-34(44)26-20-39-32(18-25(26)33(37)38)46-14-15-47(3,4)5/h6-7,16-20,22,33H,8-15,21H2,1-5H3,(H,40,44)/t22-/m0/s1. The number of rotatable bonds is 10. The first-order valence-corrected chi connectivity index (χ1v) is 19.6. The number of nitrogens with zero attached hydrogens (tertiary/aromatic N) is 4. The molecule has 1 aromatic heterocycles. The summed E-state index contributed by atoms with van der Waals surface area (Å²) in [5.74, 6) is -1.91. The van der Waals surface area contributed by atoms with Crippen LogP contribution < -0.4 is 19.9 Å². The van der Waals surface area contributed by atoms with Gasteiger partial charge in [-0.1, -0.05) is 25.7 Å². The fourth-order valence-electron chi connectivity index (χ4n) is 5.70. The van der Waals surface area contributed by atoms with Gasteiger partial charge in [0.1, 0.15) is 11.6 Å². The lowest BCUT2D eigenvalue weighted by Crippen LogP contribution is -2.50. The fraction of sp³-hybridized carbons (Fsp3) is 0.471. The molecule has 0 aliphatic carbocycles. The second-order valence-corrected chi connectivity index (χ2v) is 19.0. The summed E-state index contributed by atoms with van der Waals surface area (Å²) in [5, 5.41) is 2.76. The minimum absolute atomic E-state index is 0.0221. The molecular weight excluding hydrogens is 630 g/mol. The number of alkyl halides is 2. The maximum Gasteiger partial charge on any atom is 0.264 e. The van der Waals surface area contributed by atoms with Crippen LogP contribution in [-0.2, 0) is 4.74 Å². The van der Waals surface area contributed by atoms with Gasteiger partial charge in [0.25, 0.3) is 12.3 Å². The molecule has 47 heavy (non-hydrogen) atoms. The Morgan fingerprint density at radius 3 is 2.43 bits per heavy atom. The van der Waals surface area contributed by atoms with Gasteiger partial charge in [0.05, 0.1) is 42.4 Å². The zero-order chi connectivity index (χ0) is 33.9. The lowest BCUT2D eigenvalue weighted by Gasteiger charge is -2.39. The SMILES string of the molecule is C[C@H]1CN(c2cc(F)c(-c3ccc(N4CCOCC4)c(F)c3)cc2NC(=O)c2cnc(OCC[Si](C)(C)C)cc2C(F)F)CCN1C. The highest BCUT2D eigenvalue weighted by Gasteiger charge is 2.27. The zero-order valence-electron chi connectivity index (χ0n) is 27.6. The molecule has 8 nitrogen and oxygen atoms in total. The Morgan fingerprint density at radius 1 is 1.02 bits per heavy atom. The number of carbonyl (C=O) groups excluding carboxylic acids is 1. The van der Waals surface area contributed by atoms with Crippen LogP contribution in [0.3, 0.4) is 0 Å². The van der Waals surface area contributed by atoms with Crippen molar-refractivity contribution < 1.29 is 31.8 Å². The highest BCUT2D eigenvalue weighted by atomic mass is 28.3. The van der Waals surface area contributed by atoms with E-state index in [1.165, 1.54) is 18.2 Å². The molecule has 2 aromatic carbocycles. The van der Waals surface area contributed by atoms with E-state index in [1.807, 2.05) is 23.8 Å². The number of aromatic nitrogens is 1. The number of carbonyl (C=O) groups is 1. The number of likely N-dealkylation sites (N-methyl/N-ethyl adjacent to an activating group) is 1. The molecule has 0 unspecified atom stereocenters. The summed E-state index contributed by atoms with van der Waals surface area (Å²) in [5.41, 5.74) is 0.534. The number of amides is 1. The van der Waals surface area contributed by atoms with Crippen LogP contribution in [0.2, 0.25) is 25.7 Å². The molecule has 3 heterocycles. The number of halogens is 4. The van der Waals surface area contributed by atoms with E-state index in [9.17, 15) is 13.6 Å².